The van der Waals surface area contributed by atoms with Gasteiger partial charge in [-0.05, 0) is 42.9 Å². The van der Waals surface area contributed by atoms with Crippen LogP contribution in [0.5, 0.6) is 5.75 Å². The number of amides is 3. The summed E-state index contributed by atoms with van der Waals surface area (Å²) in [7, 11) is 0. The zero-order valence-corrected chi connectivity index (χ0v) is 23.0. The van der Waals surface area contributed by atoms with E-state index in [0.717, 1.165) is 23.3 Å². The van der Waals surface area contributed by atoms with Crippen LogP contribution in [0, 0.1) is 0 Å². The Morgan fingerprint density at radius 2 is 1.57 bits per heavy atom. The minimum atomic E-state index is -1.11. The zero-order chi connectivity index (χ0) is 28.7. The first-order chi connectivity index (χ1) is 19.4. The standard InChI is InChI=1S/C30H40N4O6/c1-2-9-23-29(38)33-24(15-16-27(35)36)30(39)34-25(20-21-10-4-3-5-11-21)28(37)32-17-8-13-22-12-6-7-14-26(22)40-19-18-31-23/h3-7,10-12,14,23-25,31H,2,8-9,13,15-20H2,1H3,(H,32,37)(H,33,38)(H,34,39)(H,35,36)/t23-,24+,25+/m0/s1. The first kappa shape index (κ1) is 30.6. The normalized spacial score (nSPS) is 21.4. The van der Waals surface area contributed by atoms with Crippen molar-refractivity contribution in [1.82, 2.24) is 21.3 Å². The summed E-state index contributed by atoms with van der Waals surface area (Å²) in [4.78, 5) is 51.1. The molecule has 5 N–H and O–H groups in total. The van der Waals surface area contributed by atoms with Gasteiger partial charge in [0.15, 0.2) is 0 Å². The van der Waals surface area contributed by atoms with Crippen molar-refractivity contribution >= 4 is 23.7 Å². The number of carboxylic acids is 1. The van der Waals surface area contributed by atoms with Crippen LogP contribution < -0.4 is 26.0 Å². The molecule has 0 saturated carbocycles. The minimum absolute atomic E-state index is 0.106. The van der Waals surface area contributed by atoms with Crippen LogP contribution in [0.4, 0.5) is 0 Å². The molecule has 40 heavy (non-hydrogen) atoms. The van der Waals surface area contributed by atoms with Crippen LogP contribution in [0.3, 0.4) is 0 Å². The number of hydrogen-bond donors (Lipinski definition) is 5. The highest BCUT2D eigenvalue weighted by Crippen LogP contribution is 2.19. The summed E-state index contributed by atoms with van der Waals surface area (Å²) in [5.41, 5.74) is 1.88. The minimum Gasteiger partial charge on any atom is -0.492 e. The van der Waals surface area contributed by atoms with Gasteiger partial charge in [-0.15, -0.1) is 0 Å². The SMILES string of the molecule is CCC[C@@H]1NCCOc2ccccc2CCCNC(=O)[C@@H](Cc2ccccc2)NC(=O)[C@@H](CCC(=O)O)NC1=O. The molecular weight excluding hydrogens is 512 g/mol. The van der Waals surface area contributed by atoms with Gasteiger partial charge in [0.05, 0.1) is 6.04 Å². The third kappa shape index (κ3) is 10.00. The van der Waals surface area contributed by atoms with E-state index >= 15 is 0 Å². The molecule has 0 saturated heterocycles. The van der Waals surface area contributed by atoms with E-state index in [-0.39, 0.29) is 25.2 Å². The molecule has 2 aromatic rings. The summed E-state index contributed by atoms with van der Waals surface area (Å²) in [6, 6.07) is 14.4. The van der Waals surface area contributed by atoms with Crippen molar-refractivity contribution in [3.8, 4) is 5.75 Å². The predicted molar refractivity (Wildman–Crippen MR) is 151 cm³/mol. The van der Waals surface area contributed by atoms with E-state index in [1.807, 2.05) is 61.5 Å². The van der Waals surface area contributed by atoms with Gasteiger partial charge < -0.3 is 31.1 Å². The number of fused-ring (bicyclic) bond motifs is 1. The summed E-state index contributed by atoms with van der Waals surface area (Å²) in [5, 5.41) is 20.9. The highest BCUT2D eigenvalue weighted by molar-refractivity contribution is 5.93. The van der Waals surface area contributed by atoms with Gasteiger partial charge in [-0.2, -0.15) is 0 Å². The molecule has 10 heteroatoms. The van der Waals surface area contributed by atoms with Crippen molar-refractivity contribution in [2.45, 2.75) is 70.0 Å². The van der Waals surface area contributed by atoms with Gasteiger partial charge in [-0.25, -0.2) is 0 Å². The molecule has 0 aromatic heterocycles. The van der Waals surface area contributed by atoms with E-state index in [1.165, 1.54) is 0 Å². The maximum atomic E-state index is 13.4. The van der Waals surface area contributed by atoms with E-state index in [2.05, 4.69) is 21.3 Å². The Kier molecular flexibility index (Phi) is 12.4. The van der Waals surface area contributed by atoms with Crippen LogP contribution in [0.15, 0.2) is 54.6 Å². The van der Waals surface area contributed by atoms with Gasteiger partial charge >= 0.3 is 5.97 Å². The van der Waals surface area contributed by atoms with Crippen LogP contribution in [0.1, 0.15) is 50.2 Å². The van der Waals surface area contributed by atoms with Crippen LogP contribution in [0.25, 0.3) is 0 Å². The molecule has 1 aliphatic rings. The Morgan fingerprint density at radius 3 is 2.33 bits per heavy atom. The molecule has 3 rings (SSSR count). The highest BCUT2D eigenvalue weighted by atomic mass is 16.5. The fourth-order valence-corrected chi connectivity index (χ4v) is 4.61. The van der Waals surface area contributed by atoms with Crippen LogP contribution >= 0.6 is 0 Å². The number of nitrogens with one attached hydrogen (secondary N) is 4. The fourth-order valence-electron chi connectivity index (χ4n) is 4.61. The largest absolute Gasteiger partial charge is 0.492 e. The van der Waals surface area contributed by atoms with Crippen molar-refractivity contribution in [2.24, 2.45) is 0 Å². The van der Waals surface area contributed by atoms with Gasteiger partial charge in [-0.3, -0.25) is 19.2 Å². The van der Waals surface area contributed by atoms with E-state index in [9.17, 15) is 24.3 Å². The molecule has 3 amide bonds. The number of benzene rings is 2. The summed E-state index contributed by atoms with van der Waals surface area (Å²) in [5.74, 6) is -1.68. The molecule has 0 bridgehead atoms. The number of carbonyl (C=O) groups is 4. The average Bonchev–Trinajstić information content (AvgIpc) is 2.94. The molecule has 0 aliphatic carbocycles. The van der Waals surface area contributed by atoms with Crippen LogP contribution in [0.2, 0.25) is 0 Å². The summed E-state index contributed by atoms with van der Waals surface area (Å²) >= 11 is 0. The number of aryl methyl sites for hydroxylation is 1. The average molecular weight is 553 g/mol. The highest BCUT2D eigenvalue weighted by Gasteiger charge is 2.29. The predicted octanol–water partition coefficient (Wildman–Crippen LogP) is 1.96. The third-order valence-corrected chi connectivity index (χ3v) is 6.73. The molecular formula is C30H40N4O6. The van der Waals surface area contributed by atoms with Crippen molar-refractivity contribution in [3.63, 3.8) is 0 Å². The summed E-state index contributed by atoms with van der Waals surface area (Å²) in [6.07, 6.45) is 2.44. The zero-order valence-electron chi connectivity index (χ0n) is 23.0. The molecule has 0 unspecified atom stereocenters. The molecule has 0 radical (unpaired) electrons. The molecule has 216 valence electrons. The Morgan fingerprint density at radius 1 is 0.875 bits per heavy atom. The summed E-state index contributed by atoms with van der Waals surface area (Å²) < 4.78 is 5.99. The van der Waals surface area contributed by atoms with Gasteiger partial charge in [0, 0.05) is 25.9 Å². The maximum Gasteiger partial charge on any atom is 0.303 e. The van der Waals surface area contributed by atoms with E-state index in [0.29, 0.717) is 39.0 Å². The lowest BCUT2D eigenvalue weighted by molar-refractivity contribution is -0.138. The third-order valence-electron chi connectivity index (χ3n) is 6.73. The van der Waals surface area contributed by atoms with Gasteiger partial charge in [0.25, 0.3) is 0 Å². The first-order valence-electron chi connectivity index (χ1n) is 14.0. The molecule has 1 heterocycles. The lowest BCUT2D eigenvalue weighted by Crippen LogP contribution is -2.57. The van der Waals surface area contributed by atoms with Gasteiger partial charge in [0.1, 0.15) is 24.4 Å². The second-order valence-corrected chi connectivity index (χ2v) is 9.89. The summed E-state index contributed by atoms with van der Waals surface area (Å²) in [6.45, 7) is 3.10. The lowest BCUT2D eigenvalue weighted by Gasteiger charge is -2.25. The van der Waals surface area contributed by atoms with Crippen molar-refractivity contribution < 1.29 is 29.0 Å². The molecule has 2 aromatic carbocycles. The maximum absolute atomic E-state index is 13.4. The quantitative estimate of drug-likeness (QED) is 0.353. The van der Waals surface area contributed by atoms with Crippen LogP contribution in [-0.2, 0) is 32.0 Å². The lowest BCUT2D eigenvalue weighted by atomic mass is 10.0. The Balaban J connectivity index is 1.85. The van der Waals surface area contributed by atoms with Gasteiger partial charge in [-0.1, -0.05) is 61.9 Å². The number of carbonyl (C=O) groups excluding carboxylic acids is 3. The monoisotopic (exact) mass is 552 g/mol. The molecule has 0 spiro atoms. The van der Waals surface area contributed by atoms with E-state index < -0.39 is 35.9 Å². The number of hydrogen-bond acceptors (Lipinski definition) is 6. The smallest absolute Gasteiger partial charge is 0.303 e. The van der Waals surface area contributed by atoms with Gasteiger partial charge in [0.2, 0.25) is 17.7 Å². The molecule has 3 atom stereocenters. The number of ether oxygens (including phenoxy) is 1. The van der Waals surface area contributed by atoms with E-state index in [4.69, 9.17) is 4.74 Å². The Hall–Kier alpha value is -3.92. The topological polar surface area (TPSA) is 146 Å². The second-order valence-electron chi connectivity index (χ2n) is 9.89. The molecule has 10 nitrogen and oxygen atoms in total. The van der Waals surface area contributed by atoms with Crippen LogP contribution in [-0.4, -0.2) is 66.6 Å². The van der Waals surface area contributed by atoms with Crippen molar-refractivity contribution in [3.05, 3.63) is 65.7 Å². The number of rotatable bonds is 7. The second kappa shape index (κ2) is 16.2. The van der Waals surface area contributed by atoms with Crippen molar-refractivity contribution in [1.29, 1.82) is 0 Å². The van der Waals surface area contributed by atoms with E-state index in [1.54, 1.807) is 0 Å². The first-order valence-corrected chi connectivity index (χ1v) is 14.0. The molecule has 0 fully saturated rings. The fraction of sp³-hybridized carbons (Fsp3) is 0.467. The Labute approximate surface area is 235 Å². The number of para-hydroxylation sites is 1. The number of carboxylic acid groups (broad SMARTS) is 1. The molecule has 1 aliphatic heterocycles. The Bertz CT molecular complexity index is 1130. The van der Waals surface area contributed by atoms with Crippen molar-refractivity contribution in [2.75, 3.05) is 19.7 Å². The number of aliphatic carboxylic acids is 1.